The quantitative estimate of drug-likeness (QED) is 0.670. The molecule has 2 nitrogen and oxygen atoms in total. The minimum absolute atomic E-state index is 0.174. The van der Waals surface area contributed by atoms with E-state index < -0.39 is 17.9 Å². The van der Waals surface area contributed by atoms with Gasteiger partial charge in [-0.2, -0.15) is 13.2 Å². The summed E-state index contributed by atoms with van der Waals surface area (Å²) in [6, 6.07) is 12.5. The Morgan fingerprint density at radius 2 is 1.82 bits per heavy atom. The Bertz CT molecular complexity index is 863. The van der Waals surface area contributed by atoms with Crippen LogP contribution in [0.15, 0.2) is 54.6 Å². The molecule has 0 aliphatic carbocycles. The highest BCUT2D eigenvalue weighted by Crippen LogP contribution is 2.36. The summed E-state index contributed by atoms with van der Waals surface area (Å²) in [5, 5.41) is 0.452. The SMILES string of the molecule is [2H]c1c(C(F)(F)F)nc2ccc(OC)cc2c1-c1ccccc1. The third-order valence-electron chi connectivity index (χ3n) is 3.28. The minimum atomic E-state index is -4.69. The molecule has 0 saturated heterocycles. The number of halogens is 3. The van der Waals surface area contributed by atoms with Crippen LogP contribution in [0.2, 0.25) is 0 Å². The van der Waals surface area contributed by atoms with E-state index in [-0.39, 0.29) is 11.1 Å². The van der Waals surface area contributed by atoms with Gasteiger partial charge in [-0.05, 0) is 35.4 Å². The number of fused-ring (bicyclic) bond motifs is 1. The van der Waals surface area contributed by atoms with Crippen molar-refractivity contribution in [3.05, 3.63) is 60.3 Å². The van der Waals surface area contributed by atoms with Crippen LogP contribution in [-0.4, -0.2) is 12.1 Å². The van der Waals surface area contributed by atoms with Gasteiger partial charge in [0.05, 0.1) is 14.0 Å². The summed E-state index contributed by atoms with van der Waals surface area (Å²) < 4.78 is 52.8. The second-order valence-electron chi connectivity index (χ2n) is 4.71. The topological polar surface area (TPSA) is 22.1 Å². The fraction of sp³-hybridized carbons (Fsp3) is 0.118. The van der Waals surface area contributed by atoms with E-state index in [1.807, 2.05) is 0 Å². The van der Waals surface area contributed by atoms with Crippen LogP contribution in [0.4, 0.5) is 13.2 Å². The molecule has 0 atom stereocenters. The first-order valence-electron chi connectivity index (χ1n) is 7.03. The van der Waals surface area contributed by atoms with Crippen molar-refractivity contribution in [1.29, 1.82) is 0 Å². The fourth-order valence-corrected chi connectivity index (χ4v) is 2.24. The van der Waals surface area contributed by atoms with Crippen molar-refractivity contribution in [2.24, 2.45) is 0 Å². The Morgan fingerprint density at radius 1 is 1.09 bits per heavy atom. The number of hydrogen-bond acceptors (Lipinski definition) is 2. The van der Waals surface area contributed by atoms with Gasteiger partial charge in [0.1, 0.15) is 11.4 Å². The second kappa shape index (κ2) is 5.33. The molecule has 0 saturated carbocycles. The van der Waals surface area contributed by atoms with Crippen molar-refractivity contribution in [3.63, 3.8) is 0 Å². The minimum Gasteiger partial charge on any atom is -0.497 e. The molecule has 22 heavy (non-hydrogen) atoms. The monoisotopic (exact) mass is 304 g/mol. The highest BCUT2D eigenvalue weighted by Gasteiger charge is 2.33. The Morgan fingerprint density at radius 3 is 2.45 bits per heavy atom. The van der Waals surface area contributed by atoms with Crippen molar-refractivity contribution in [3.8, 4) is 16.9 Å². The van der Waals surface area contributed by atoms with Gasteiger partial charge in [-0.3, -0.25) is 0 Å². The maximum absolute atomic E-state index is 13.2. The van der Waals surface area contributed by atoms with Gasteiger partial charge >= 0.3 is 6.18 Å². The smallest absolute Gasteiger partial charge is 0.433 e. The van der Waals surface area contributed by atoms with Crippen LogP contribution >= 0.6 is 0 Å². The molecule has 0 unspecified atom stereocenters. The molecule has 0 spiro atoms. The number of ether oxygens (including phenoxy) is 1. The first-order chi connectivity index (χ1) is 10.9. The van der Waals surface area contributed by atoms with E-state index >= 15 is 0 Å². The van der Waals surface area contributed by atoms with Crippen LogP contribution in [0.3, 0.4) is 0 Å². The summed E-state index contributed by atoms with van der Waals surface area (Å²) in [7, 11) is 1.47. The van der Waals surface area contributed by atoms with E-state index in [0.717, 1.165) is 0 Å². The summed E-state index contributed by atoms with van der Waals surface area (Å²) in [5.74, 6) is 0.496. The average Bonchev–Trinajstić information content (AvgIpc) is 2.53. The highest BCUT2D eigenvalue weighted by atomic mass is 19.4. The predicted octanol–water partition coefficient (Wildman–Crippen LogP) is 4.93. The van der Waals surface area contributed by atoms with Gasteiger partial charge in [0.25, 0.3) is 0 Å². The lowest BCUT2D eigenvalue weighted by Gasteiger charge is -2.13. The van der Waals surface area contributed by atoms with Crippen LogP contribution in [0.25, 0.3) is 22.0 Å². The molecular formula is C17H12F3NO. The summed E-state index contributed by atoms with van der Waals surface area (Å²) in [6.07, 6.45) is -4.69. The van der Waals surface area contributed by atoms with Gasteiger partial charge in [0.2, 0.25) is 0 Å². The molecule has 0 radical (unpaired) electrons. The molecule has 3 rings (SSSR count). The zero-order valence-electron chi connectivity index (χ0n) is 12.6. The largest absolute Gasteiger partial charge is 0.497 e. The van der Waals surface area contributed by atoms with Crippen molar-refractivity contribution in [2.75, 3.05) is 7.11 Å². The number of benzene rings is 2. The second-order valence-corrected chi connectivity index (χ2v) is 4.71. The third-order valence-corrected chi connectivity index (χ3v) is 3.28. The number of hydrogen-bond donors (Lipinski definition) is 0. The standard InChI is InChI=1S/C17H12F3NO/c1-22-12-7-8-15-14(9-12)13(11-5-3-2-4-6-11)10-16(21-15)17(18,19)20/h2-10H,1H3/i10D. The molecule has 1 heterocycles. The third kappa shape index (κ3) is 2.62. The van der Waals surface area contributed by atoms with E-state index in [4.69, 9.17) is 6.11 Å². The van der Waals surface area contributed by atoms with Crippen LogP contribution in [0, 0.1) is 0 Å². The molecule has 0 bridgehead atoms. The molecule has 0 fully saturated rings. The van der Waals surface area contributed by atoms with Crippen LogP contribution in [0.5, 0.6) is 5.75 Å². The van der Waals surface area contributed by atoms with E-state index in [0.29, 0.717) is 16.7 Å². The summed E-state index contributed by atoms with van der Waals surface area (Å²) in [6.45, 7) is 0. The molecule has 0 aliphatic heterocycles. The molecule has 5 heteroatoms. The Balaban J connectivity index is 2.43. The van der Waals surface area contributed by atoms with Gasteiger partial charge < -0.3 is 4.74 Å². The van der Waals surface area contributed by atoms with Crippen LogP contribution in [-0.2, 0) is 6.18 Å². The van der Waals surface area contributed by atoms with Gasteiger partial charge in [-0.15, -0.1) is 0 Å². The Hall–Kier alpha value is -2.56. The van der Waals surface area contributed by atoms with E-state index in [2.05, 4.69) is 4.98 Å². The summed E-state index contributed by atoms with van der Waals surface area (Å²) in [5.41, 5.74) is -0.285. The maximum atomic E-state index is 13.2. The van der Waals surface area contributed by atoms with Gasteiger partial charge in [0, 0.05) is 5.39 Å². The Labute approximate surface area is 126 Å². The molecule has 1 aromatic heterocycles. The highest BCUT2D eigenvalue weighted by molar-refractivity contribution is 5.95. The average molecular weight is 304 g/mol. The van der Waals surface area contributed by atoms with Crippen molar-refractivity contribution in [2.45, 2.75) is 6.18 Å². The molecule has 3 aromatic rings. The van der Waals surface area contributed by atoms with Gasteiger partial charge in [0.15, 0.2) is 0 Å². The lowest BCUT2D eigenvalue weighted by atomic mass is 10.00. The van der Waals surface area contributed by atoms with Crippen LogP contribution in [0.1, 0.15) is 7.06 Å². The molecule has 112 valence electrons. The lowest BCUT2D eigenvalue weighted by molar-refractivity contribution is -0.140. The number of aromatic nitrogens is 1. The number of alkyl halides is 3. The zero-order valence-corrected chi connectivity index (χ0v) is 11.6. The van der Waals surface area contributed by atoms with Gasteiger partial charge in [-0.25, -0.2) is 4.98 Å². The van der Waals surface area contributed by atoms with E-state index in [1.165, 1.54) is 13.2 Å². The number of pyridine rings is 1. The molecular weight excluding hydrogens is 291 g/mol. The first-order valence-corrected chi connectivity index (χ1v) is 6.53. The molecule has 0 aliphatic rings. The van der Waals surface area contributed by atoms with Crippen molar-refractivity contribution in [1.82, 2.24) is 4.98 Å². The zero-order chi connectivity index (χ0) is 16.6. The van der Waals surface area contributed by atoms with Crippen LogP contribution < -0.4 is 4.74 Å². The lowest BCUT2D eigenvalue weighted by Crippen LogP contribution is -2.08. The van der Waals surface area contributed by atoms with Crippen molar-refractivity contribution >= 4 is 10.9 Å². The summed E-state index contributed by atoms with van der Waals surface area (Å²) in [4.78, 5) is 3.64. The molecule has 2 aromatic carbocycles. The summed E-state index contributed by atoms with van der Waals surface area (Å²) >= 11 is 0. The van der Waals surface area contributed by atoms with Crippen molar-refractivity contribution < 1.29 is 19.3 Å². The van der Waals surface area contributed by atoms with E-state index in [1.54, 1.807) is 42.5 Å². The van der Waals surface area contributed by atoms with E-state index in [9.17, 15) is 13.2 Å². The maximum Gasteiger partial charge on any atom is 0.433 e. The van der Waals surface area contributed by atoms with Gasteiger partial charge in [-0.1, -0.05) is 30.3 Å². The predicted molar refractivity (Wildman–Crippen MR) is 78.7 cm³/mol. The number of nitrogens with zero attached hydrogens (tertiary/aromatic N) is 1. The Kier molecular flexibility index (Phi) is 3.18. The normalized spacial score (nSPS) is 12.3. The fourth-order valence-electron chi connectivity index (χ4n) is 2.24. The first kappa shape index (κ1) is 13.1. The number of rotatable bonds is 2. The number of methoxy groups -OCH3 is 1. The molecule has 0 amide bonds. The molecule has 0 N–H and O–H groups in total.